The molecule has 0 radical (unpaired) electrons. The Morgan fingerprint density at radius 2 is 1.69 bits per heavy atom. The predicted molar refractivity (Wildman–Crippen MR) is 116 cm³/mol. The predicted octanol–water partition coefficient (Wildman–Crippen LogP) is 3.89. The first-order valence-electron chi connectivity index (χ1n) is 8.92. The highest BCUT2D eigenvalue weighted by atomic mass is 32.2. The van der Waals surface area contributed by atoms with Crippen LogP contribution in [0.1, 0.15) is 0 Å². The molecule has 3 aromatic carbocycles. The Hall–Kier alpha value is -3.45. The molecule has 6 nitrogen and oxygen atoms in total. The van der Waals surface area contributed by atoms with E-state index in [4.69, 9.17) is 4.84 Å². The smallest absolute Gasteiger partial charge is 0.229 e. The number of pyridine rings is 1. The number of benzene rings is 2. The van der Waals surface area contributed by atoms with Crippen LogP contribution in [-0.4, -0.2) is 26.8 Å². The van der Waals surface area contributed by atoms with Gasteiger partial charge in [-0.2, -0.15) is 0 Å². The average molecular weight is 405 g/mol. The van der Waals surface area contributed by atoms with Crippen molar-refractivity contribution in [2.45, 2.75) is 0 Å². The molecular weight excluding hydrogens is 386 g/mol. The number of hydrogen-bond acceptors (Lipinski definition) is 5. The molecule has 0 unspecified atom stereocenters. The minimum atomic E-state index is -3.40. The molecule has 4 rings (SSSR count). The summed E-state index contributed by atoms with van der Waals surface area (Å²) >= 11 is 0. The zero-order valence-electron chi connectivity index (χ0n) is 16.0. The van der Waals surface area contributed by atoms with Crippen molar-refractivity contribution in [1.29, 1.82) is 0 Å². The van der Waals surface area contributed by atoms with Gasteiger partial charge in [-0.1, -0.05) is 47.6 Å². The van der Waals surface area contributed by atoms with Crippen LogP contribution >= 0.6 is 0 Å². The summed E-state index contributed by atoms with van der Waals surface area (Å²) in [6.07, 6.45) is 2.95. The Morgan fingerprint density at radius 3 is 2.41 bits per heavy atom. The second-order valence-corrected chi connectivity index (χ2v) is 8.40. The number of sulfonamides is 1. The number of aromatic nitrogens is 1. The van der Waals surface area contributed by atoms with Crippen LogP contribution < -0.4 is 10.1 Å². The Bertz CT molecular complexity index is 1390. The van der Waals surface area contributed by atoms with Crippen molar-refractivity contribution in [3.63, 3.8) is 0 Å². The van der Waals surface area contributed by atoms with Gasteiger partial charge in [0.15, 0.2) is 0 Å². The van der Waals surface area contributed by atoms with Crippen molar-refractivity contribution in [3.05, 3.63) is 78.3 Å². The van der Waals surface area contributed by atoms with E-state index in [1.165, 1.54) is 7.11 Å². The number of nitrogens with one attached hydrogen (secondary N) is 1. The molecular formula is C22H19N3O3S. The van der Waals surface area contributed by atoms with E-state index in [0.717, 1.165) is 39.1 Å². The quantitative estimate of drug-likeness (QED) is 0.523. The average Bonchev–Trinajstić information content (AvgIpc) is 2.85. The number of nitrogens with zero attached hydrogens (tertiary/aromatic N) is 2. The molecule has 0 bridgehead atoms. The van der Waals surface area contributed by atoms with E-state index in [1.807, 2.05) is 60.8 Å². The van der Waals surface area contributed by atoms with Gasteiger partial charge in [-0.3, -0.25) is 9.71 Å². The summed E-state index contributed by atoms with van der Waals surface area (Å²) in [5.41, 5.74) is 3.21. The minimum absolute atomic E-state index is 0.457. The molecule has 0 aliphatic rings. The zero-order chi connectivity index (χ0) is 20.4. The topological polar surface area (TPSA) is 80.6 Å². The molecule has 0 atom stereocenters. The van der Waals surface area contributed by atoms with Crippen molar-refractivity contribution in [3.8, 4) is 11.1 Å². The number of rotatable bonds is 4. The second-order valence-electron chi connectivity index (χ2n) is 6.65. The number of hydrogen-bond donors (Lipinski definition) is 1. The van der Waals surface area contributed by atoms with Gasteiger partial charge in [-0.05, 0) is 35.2 Å². The summed E-state index contributed by atoms with van der Waals surface area (Å²) in [5.74, 6) is 0. The highest BCUT2D eigenvalue weighted by molar-refractivity contribution is 7.92. The highest BCUT2D eigenvalue weighted by Crippen LogP contribution is 2.23. The van der Waals surface area contributed by atoms with Crippen molar-refractivity contribution in [1.82, 2.24) is 4.98 Å². The van der Waals surface area contributed by atoms with E-state index in [0.29, 0.717) is 11.0 Å². The van der Waals surface area contributed by atoms with Crippen LogP contribution in [0.2, 0.25) is 0 Å². The molecule has 0 saturated heterocycles. The van der Waals surface area contributed by atoms with Gasteiger partial charge in [-0.15, -0.1) is 0 Å². The lowest BCUT2D eigenvalue weighted by atomic mass is 10.1. The highest BCUT2D eigenvalue weighted by Gasteiger charge is 2.08. The van der Waals surface area contributed by atoms with Crippen molar-refractivity contribution in [2.75, 3.05) is 18.1 Å². The van der Waals surface area contributed by atoms with Gasteiger partial charge in [-0.25, -0.2) is 8.42 Å². The Balaban J connectivity index is 2.07. The maximum Gasteiger partial charge on any atom is 0.229 e. The van der Waals surface area contributed by atoms with Crippen molar-refractivity contribution < 1.29 is 13.3 Å². The maximum atomic E-state index is 11.7. The standard InChI is InChI=1S/C22H19N3O3S/c1-28-24-22-19-13-18(25-29(2,26)27)10-8-16(19)9-11-21-20(22)12-17(14-23-21)15-6-4-3-5-7-15/h3-14,25H,1-2H3/b24-22+. The SMILES string of the molecule is CO/N=c1\c2cc(NS(C)(=O)=O)ccc2ccc2ncc(-c3ccccc3)cc12. The van der Waals surface area contributed by atoms with Crippen LogP contribution in [0.15, 0.2) is 78.1 Å². The van der Waals surface area contributed by atoms with Crippen LogP contribution in [0.3, 0.4) is 0 Å². The van der Waals surface area contributed by atoms with Crippen molar-refractivity contribution >= 4 is 37.4 Å². The van der Waals surface area contributed by atoms with Crippen LogP contribution in [0.25, 0.3) is 32.8 Å². The van der Waals surface area contributed by atoms with Crippen LogP contribution in [-0.2, 0) is 14.9 Å². The lowest BCUT2D eigenvalue weighted by Gasteiger charge is -2.05. The van der Waals surface area contributed by atoms with Gasteiger partial charge in [0.25, 0.3) is 0 Å². The Labute approximate surface area is 168 Å². The molecule has 1 N–H and O–H groups in total. The molecule has 29 heavy (non-hydrogen) atoms. The molecule has 1 aromatic heterocycles. The molecule has 1 heterocycles. The van der Waals surface area contributed by atoms with Crippen LogP contribution in [0, 0.1) is 0 Å². The molecule has 0 amide bonds. The van der Waals surface area contributed by atoms with Gasteiger partial charge >= 0.3 is 0 Å². The number of fused-ring (bicyclic) bond motifs is 2. The summed E-state index contributed by atoms with van der Waals surface area (Å²) in [6.45, 7) is 0. The summed E-state index contributed by atoms with van der Waals surface area (Å²) in [7, 11) is -1.91. The summed E-state index contributed by atoms with van der Waals surface area (Å²) in [6, 6.07) is 21.1. The first-order chi connectivity index (χ1) is 13.9. The van der Waals surface area contributed by atoms with Gasteiger partial charge < -0.3 is 4.84 Å². The maximum absolute atomic E-state index is 11.7. The fourth-order valence-electron chi connectivity index (χ4n) is 3.27. The second kappa shape index (κ2) is 7.52. The lowest BCUT2D eigenvalue weighted by molar-refractivity contribution is 0.202. The number of anilines is 1. The summed E-state index contributed by atoms with van der Waals surface area (Å²) in [5, 5.41) is 7.29. The normalized spacial score (nSPS) is 12.3. The summed E-state index contributed by atoms with van der Waals surface area (Å²) < 4.78 is 25.8. The van der Waals surface area contributed by atoms with Gasteiger partial charge in [0.2, 0.25) is 10.0 Å². The monoisotopic (exact) mass is 405 g/mol. The van der Waals surface area contributed by atoms with Crippen LogP contribution in [0.4, 0.5) is 5.69 Å². The van der Waals surface area contributed by atoms with E-state index in [1.54, 1.807) is 12.1 Å². The van der Waals surface area contributed by atoms with Gasteiger partial charge in [0.1, 0.15) is 12.5 Å². The lowest BCUT2D eigenvalue weighted by Crippen LogP contribution is -2.10. The molecule has 4 aromatic rings. The summed E-state index contributed by atoms with van der Waals surface area (Å²) in [4.78, 5) is 9.75. The van der Waals surface area contributed by atoms with Crippen molar-refractivity contribution in [2.24, 2.45) is 5.16 Å². The van der Waals surface area contributed by atoms with Crippen LogP contribution in [0.5, 0.6) is 0 Å². The zero-order valence-corrected chi connectivity index (χ0v) is 16.8. The first-order valence-corrected chi connectivity index (χ1v) is 10.8. The van der Waals surface area contributed by atoms with E-state index in [9.17, 15) is 8.42 Å². The molecule has 7 heteroatoms. The molecule has 146 valence electrons. The third-order valence-corrected chi connectivity index (χ3v) is 5.10. The fourth-order valence-corrected chi connectivity index (χ4v) is 3.83. The third kappa shape index (κ3) is 4.05. The molecule has 0 saturated carbocycles. The minimum Gasteiger partial charge on any atom is -0.399 e. The van der Waals surface area contributed by atoms with E-state index < -0.39 is 10.0 Å². The first kappa shape index (κ1) is 18.9. The van der Waals surface area contributed by atoms with E-state index in [-0.39, 0.29) is 0 Å². The Kier molecular flexibility index (Phi) is 4.90. The molecule has 0 aliphatic heterocycles. The molecule has 0 fully saturated rings. The third-order valence-electron chi connectivity index (χ3n) is 4.50. The van der Waals surface area contributed by atoms with Gasteiger partial charge in [0, 0.05) is 28.2 Å². The van der Waals surface area contributed by atoms with Gasteiger partial charge in [0.05, 0.1) is 11.8 Å². The fraction of sp³-hybridized carbons (Fsp3) is 0.0909. The Morgan fingerprint density at radius 1 is 0.931 bits per heavy atom. The molecule has 0 aliphatic carbocycles. The van der Waals surface area contributed by atoms with E-state index >= 15 is 0 Å². The van der Waals surface area contributed by atoms with E-state index in [2.05, 4.69) is 14.9 Å². The molecule has 0 spiro atoms. The largest absolute Gasteiger partial charge is 0.399 e.